The van der Waals surface area contributed by atoms with Crippen LogP contribution in [0.4, 0.5) is 4.79 Å². The number of amides is 1. The van der Waals surface area contributed by atoms with Crippen molar-refractivity contribution in [1.29, 1.82) is 0 Å². The molecule has 0 aromatic rings. The SMILES string of the molecule is CCC(C)NC(=O)OCCCI. The van der Waals surface area contributed by atoms with Crippen molar-refractivity contribution in [2.45, 2.75) is 32.7 Å². The first-order chi connectivity index (χ1) is 5.70. The number of halogens is 1. The molecule has 1 N–H and O–H groups in total. The van der Waals surface area contributed by atoms with Crippen LogP contribution in [0.5, 0.6) is 0 Å². The number of nitrogens with one attached hydrogen (secondary N) is 1. The molecule has 0 aliphatic rings. The molecule has 3 nitrogen and oxygen atoms in total. The van der Waals surface area contributed by atoms with E-state index in [9.17, 15) is 4.79 Å². The summed E-state index contributed by atoms with van der Waals surface area (Å²) in [5.41, 5.74) is 0. The van der Waals surface area contributed by atoms with Gasteiger partial charge in [-0.15, -0.1) is 0 Å². The van der Waals surface area contributed by atoms with Crippen LogP contribution in [0.25, 0.3) is 0 Å². The lowest BCUT2D eigenvalue weighted by Gasteiger charge is -2.10. The third-order valence-corrected chi connectivity index (χ3v) is 2.25. The Morgan fingerprint density at radius 3 is 2.83 bits per heavy atom. The Morgan fingerprint density at radius 2 is 2.33 bits per heavy atom. The van der Waals surface area contributed by atoms with E-state index in [0.717, 1.165) is 17.3 Å². The maximum atomic E-state index is 11.0. The van der Waals surface area contributed by atoms with Crippen LogP contribution in [-0.4, -0.2) is 23.2 Å². The molecule has 0 rings (SSSR count). The van der Waals surface area contributed by atoms with E-state index < -0.39 is 0 Å². The Hall–Kier alpha value is 0. The first kappa shape index (κ1) is 12.0. The molecule has 0 aromatic carbocycles. The zero-order valence-corrected chi connectivity index (χ0v) is 9.76. The molecule has 1 amide bonds. The Morgan fingerprint density at radius 1 is 1.67 bits per heavy atom. The Kier molecular flexibility index (Phi) is 7.64. The first-order valence-electron chi connectivity index (χ1n) is 4.20. The Labute approximate surface area is 87.4 Å². The molecular weight excluding hydrogens is 269 g/mol. The molecule has 0 saturated heterocycles. The van der Waals surface area contributed by atoms with Gasteiger partial charge in [-0.1, -0.05) is 29.5 Å². The van der Waals surface area contributed by atoms with Crippen molar-refractivity contribution < 1.29 is 9.53 Å². The monoisotopic (exact) mass is 285 g/mol. The molecule has 1 unspecified atom stereocenters. The molecule has 12 heavy (non-hydrogen) atoms. The molecule has 0 bridgehead atoms. The summed E-state index contributed by atoms with van der Waals surface area (Å²) in [5, 5.41) is 2.72. The molecule has 0 aromatic heterocycles. The molecule has 0 spiro atoms. The van der Waals surface area contributed by atoms with Gasteiger partial charge in [0, 0.05) is 10.5 Å². The number of alkyl halides is 1. The normalized spacial score (nSPS) is 12.2. The smallest absolute Gasteiger partial charge is 0.407 e. The van der Waals surface area contributed by atoms with Crippen molar-refractivity contribution in [3.63, 3.8) is 0 Å². The van der Waals surface area contributed by atoms with Crippen LogP contribution in [0.2, 0.25) is 0 Å². The van der Waals surface area contributed by atoms with Crippen molar-refractivity contribution in [2.75, 3.05) is 11.0 Å². The van der Waals surface area contributed by atoms with Gasteiger partial charge in [-0.05, 0) is 19.8 Å². The summed E-state index contributed by atoms with van der Waals surface area (Å²) in [5.74, 6) is 0. The van der Waals surface area contributed by atoms with Crippen molar-refractivity contribution in [1.82, 2.24) is 5.32 Å². The second-order valence-electron chi connectivity index (χ2n) is 2.63. The van der Waals surface area contributed by atoms with E-state index >= 15 is 0 Å². The molecule has 0 aliphatic carbocycles. The number of carbonyl (C=O) groups excluding carboxylic acids is 1. The van der Waals surface area contributed by atoms with Crippen LogP contribution in [0.3, 0.4) is 0 Å². The van der Waals surface area contributed by atoms with Crippen molar-refractivity contribution in [2.24, 2.45) is 0 Å². The largest absolute Gasteiger partial charge is 0.450 e. The van der Waals surface area contributed by atoms with Gasteiger partial charge in [0.25, 0.3) is 0 Å². The van der Waals surface area contributed by atoms with E-state index in [0.29, 0.717) is 6.61 Å². The number of rotatable bonds is 5. The summed E-state index contributed by atoms with van der Waals surface area (Å²) < 4.78 is 5.92. The van der Waals surface area contributed by atoms with Crippen molar-refractivity contribution >= 4 is 28.7 Å². The average molecular weight is 285 g/mol. The Balaban J connectivity index is 3.33. The van der Waals surface area contributed by atoms with Crippen LogP contribution in [0, 0.1) is 0 Å². The van der Waals surface area contributed by atoms with E-state index in [1.54, 1.807) is 0 Å². The fourth-order valence-electron chi connectivity index (χ4n) is 0.564. The lowest BCUT2D eigenvalue weighted by atomic mass is 10.3. The fraction of sp³-hybridized carbons (Fsp3) is 0.875. The topological polar surface area (TPSA) is 38.3 Å². The number of hydrogen-bond donors (Lipinski definition) is 1. The second-order valence-corrected chi connectivity index (χ2v) is 3.71. The summed E-state index contributed by atoms with van der Waals surface area (Å²) in [6, 6.07) is 0.206. The predicted octanol–water partition coefficient (Wildman–Crippen LogP) is 2.34. The van der Waals surface area contributed by atoms with Gasteiger partial charge in [-0.2, -0.15) is 0 Å². The van der Waals surface area contributed by atoms with Crippen LogP contribution < -0.4 is 5.32 Å². The quantitative estimate of drug-likeness (QED) is 0.478. The molecule has 0 radical (unpaired) electrons. The number of alkyl carbamates (subject to hydrolysis) is 1. The van der Waals surface area contributed by atoms with Crippen molar-refractivity contribution in [3.05, 3.63) is 0 Å². The standard InChI is InChI=1S/C8H16INO2/c1-3-7(2)10-8(11)12-6-4-5-9/h7H,3-6H2,1-2H3,(H,10,11). The third-order valence-electron chi connectivity index (χ3n) is 1.49. The lowest BCUT2D eigenvalue weighted by Crippen LogP contribution is -2.32. The van der Waals surface area contributed by atoms with Gasteiger partial charge in [0.1, 0.15) is 0 Å². The van der Waals surface area contributed by atoms with Crippen LogP contribution in [-0.2, 0) is 4.74 Å². The van der Waals surface area contributed by atoms with Crippen molar-refractivity contribution in [3.8, 4) is 0 Å². The lowest BCUT2D eigenvalue weighted by molar-refractivity contribution is 0.143. The highest BCUT2D eigenvalue weighted by Crippen LogP contribution is 1.92. The highest BCUT2D eigenvalue weighted by atomic mass is 127. The molecule has 1 atom stereocenters. The summed E-state index contributed by atoms with van der Waals surface area (Å²) >= 11 is 2.26. The average Bonchev–Trinajstić information content (AvgIpc) is 2.05. The van der Waals surface area contributed by atoms with E-state index in [4.69, 9.17) is 4.74 Å². The van der Waals surface area contributed by atoms with E-state index in [-0.39, 0.29) is 12.1 Å². The third kappa shape index (κ3) is 6.69. The molecule has 0 saturated carbocycles. The molecule has 0 heterocycles. The summed E-state index contributed by atoms with van der Waals surface area (Å²) in [6.07, 6.45) is 1.56. The number of ether oxygens (including phenoxy) is 1. The molecular formula is C8H16INO2. The van der Waals surface area contributed by atoms with Gasteiger partial charge in [0.05, 0.1) is 6.61 Å². The minimum absolute atomic E-state index is 0.206. The minimum atomic E-state index is -0.297. The number of hydrogen-bond acceptors (Lipinski definition) is 2. The summed E-state index contributed by atoms with van der Waals surface area (Å²) in [6.45, 7) is 4.50. The van der Waals surface area contributed by atoms with Crippen LogP contribution in [0.15, 0.2) is 0 Å². The zero-order chi connectivity index (χ0) is 9.40. The summed E-state index contributed by atoms with van der Waals surface area (Å²) in [4.78, 5) is 11.0. The summed E-state index contributed by atoms with van der Waals surface area (Å²) in [7, 11) is 0. The molecule has 0 fully saturated rings. The van der Waals surface area contributed by atoms with Gasteiger partial charge in [-0.25, -0.2) is 4.79 Å². The van der Waals surface area contributed by atoms with Gasteiger partial charge >= 0.3 is 6.09 Å². The van der Waals surface area contributed by atoms with E-state index in [1.807, 2.05) is 13.8 Å². The highest BCUT2D eigenvalue weighted by Gasteiger charge is 2.04. The Bertz CT molecular complexity index is 130. The van der Waals surface area contributed by atoms with E-state index in [1.165, 1.54) is 0 Å². The minimum Gasteiger partial charge on any atom is -0.450 e. The molecule has 72 valence electrons. The van der Waals surface area contributed by atoms with Gasteiger partial charge in [-0.3, -0.25) is 0 Å². The molecule has 4 heteroatoms. The second kappa shape index (κ2) is 7.64. The molecule has 0 aliphatic heterocycles. The van der Waals surface area contributed by atoms with Gasteiger partial charge < -0.3 is 10.1 Å². The number of carbonyl (C=O) groups is 1. The zero-order valence-electron chi connectivity index (χ0n) is 7.60. The maximum Gasteiger partial charge on any atom is 0.407 e. The predicted molar refractivity (Wildman–Crippen MR) is 57.7 cm³/mol. The highest BCUT2D eigenvalue weighted by molar-refractivity contribution is 14.1. The van der Waals surface area contributed by atoms with Gasteiger partial charge in [0.2, 0.25) is 0 Å². The fourth-order valence-corrected chi connectivity index (χ4v) is 0.876. The maximum absolute atomic E-state index is 11.0. The first-order valence-corrected chi connectivity index (χ1v) is 5.72. The van der Waals surface area contributed by atoms with Gasteiger partial charge in [0.15, 0.2) is 0 Å². The van der Waals surface area contributed by atoms with E-state index in [2.05, 4.69) is 27.9 Å². The van der Waals surface area contributed by atoms with Crippen LogP contribution >= 0.6 is 22.6 Å². The van der Waals surface area contributed by atoms with Crippen LogP contribution in [0.1, 0.15) is 26.7 Å².